The molecule has 33 heavy (non-hydrogen) atoms. The number of benzene rings is 2. The third-order valence-electron chi connectivity index (χ3n) is 5.77. The van der Waals surface area contributed by atoms with Crippen LogP contribution in [0.2, 0.25) is 0 Å². The van der Waals surface area contributed by atoms with E-state index in [0.717, 1.165) is 22.7 Å². The van der Waals surface area contributed by atoms with Crippen LogP contribution >= 0.6 is 15.9 Å². The van der Waals surface area contributed by atoms with Crippen molar-refractivity contribution in [1.29, 1.82) is 0 Å². The number of nitrogens with zero attached hydrogens (tertiary/aromatic N) is 1. The van der Waals surface area contributed by atoms with Crippen LogP contribution in [0.4, 0.5) is 0 Å². The molecule has 1 aromatic heterocycles. The van der Waals surface area contributed by atoms with Crippen molar-refractivity contribution < 1.29 is 29.0 Å². The Morgan fingerprint density at radius 2 is 1.94 bits per heavy atom. The van der Waals surface area contributed by atoms with Gasteiger partial charge < -0.3 is 24.3 Å². The minimum atomic E-state index is -0.862. The van der Waals surface area contributed by atoms with Crippen LogP contribution in [0.1, 0.15) is 48.3 Å². The molecule has 3 aromatic rings. The highest BCUT2D eigenvalue weighted by molar-refractivity contribution is 9.10. The Morgan fingerprint density at radius 3 is 2.64 bits per heavy atom. The van der Waals surface area contributed by atoms with Gasteiger partial charge in [-0.15, -0.1) is 0 Å². The Kier molecular flexibility index (Phi) is 6.47. The van der Waals surface area contributed by atoms with Gasteiger partial charge in [0.05, 0.1) is 18.7 Å². The Hall–Kier alpha value is -3.26. The maximum atomic E-state index is 13.5. The SMILES string of the molecule is CCCCCN1C(=O)C(O)=C(C(=O)c2cc3cc(Br)ccc3o2)C1c1ccc(OC)c(O)c1. The smallest absolute Gasteiger partial charge is 0.290 e. The fourth-order valence-electron chi connectivity index (χ4n) is 4.13. The number of ketones is 1. The van der Waals surface area contributed by atoms with Crippen LogP contribution in [0.15, 0.2) is 62.7 Å². The van der Waals surface area contributed by atoms with Crippen molar-refractivity contribution in [2.24, 2.45) is 0 Å². The zero-order valence-corrected chi connectivity index (χ0v) is 19.9. The van der Waals surface area contributed by atoms with Gasteiger partial charge in [0.15, 0.2) is 23.0 Å². The third kappa shape index (κ3) is 4.23. The van der Waals surface area contributed by atoms with E-state index in [1.54, 1.807) is 30.3 Å². The molecule has 2 aromatic carbocycles. The van der Waals surface area contributed by atoms with Gasteiger partial charge in [-0.2, -0.15) is 0 Å². The molecule has 0 bridgehead atoms. The van der Waals surface area contributed by atoms with Crippen molar-refractivity contribution in [1.82, 2.24) is 4.90 Å². The van der Waals surface area contributed by atoms with Gasteiger partial charge in [0.1, 0.15) is 5.58 Å². The summed E-state index contributed by atoms with van der Waals surface area (Å²) in [5.74, 6) is -1.62. The first-order chi connectivity index (χ1) is 15.8. The summed E-state index contributed by atoms with van der Waals surface area (Å²) in [5.41, 5.74) is 0.938. The molecule has 1 unspecified atom stereocenters. The second-order valence-corrected chi connectivity index (χ2v) is 8.84. The second-order valence-electron chi connectivity index (χ2n) is 7.92. The fourth-order valence-corrected chi connectivity index (χ4v) is 4.51. The van der Waals surface area contributed by atoms with E-state index < -0.39 is 23.5 Å². The van der Waals surface area contributed by atoms with Crippen LogP contribution in [-0.2, 0) is 4.79 Å². The van der Waals surface area contributed by atoms with E-state index in [1.165, 1.54) is 18.1 Å². The maximum Gasteiger partial charge on any atom is 0.290 e. The van der Waals surface area contributed by atoms with Crippen LogP contribution in [0.25, 0.3) is 11.0 Å². The molecule has 8 heteroatoms. The molecule has 1 aliphatic rings. The summed E-state index contributed by atoms with van der Waals surface area (Å²) >= 11 is 3.40. The normalized spacial score (nSPS) is 16.2. The molecule has 0 saturated carbocycles. The molecule has 0 radical (unpaired) electrons. The van der Waals surface area contributed by atoms with E-state index in [0.29, 0.717) is 24.1 Å². The zero-order valence-electron chi connectivity index (χ0n) is 18.3. The highest BCUT2D eigenvalue weighted by atomic mass is 79.9. The van der Waals surface area contributed by atoms with E-state index in [4.69, 9.17) is 9.15 Å². The molecule has 4 rings (SSSR count). The summed E-state index contributed by atoms with van der Waals surface area (Å²) in [7, 11) is 1.44. The van der Waals surface area contributed by atoms with Crippen molar-refractivity contribution >= 4 is 38.6 Å². The topological polar surface area (TPSA) is 100 Å². The molecule has 1 aliphatic heterocycles. The van der Waals surface area contributed by atoms with Crippen molar-refractivity contribution in [3.63, 3.8) is 0 Å². The van der Waals surface area contributed by atoms with E-state index >= 15 is 0 Å². The number of halogens is 1. The van der Waals surface area contributed by atoms with Gasteiger partial charge in [0.2, 0.25) is 5.78 Å². The molecule has 2 heterocycles. The lowest BCUT2D eigenvalue weighted by Gasteiger charge is -2.27. The number of phenolic OH excluding ortho intramolecular Hbond substituents is 1. The molecule has 1 atom stereocenters. The number of hydrogen-bond acceptors (Lipinski definition) is 6. The molecule has 0 saturated heterocycles. The number of fused-ring (bicyclic) bond motifs is 1. The van der Waals surface area contributed by atoms with Crippen molar-refractivity contribution in [2.45, 2.75) is 32.2 Å². The summed E-state index contributed by atoms with van der Waals surface area (Å²) in [5, 5.41) is 21.8. The quantitative estimate of drug-likeness (QED) is 0.297. The molecule has 0 spiro atoms. The Balaban J connectivity index is 1.79. The summed E-state index contributed by atoms with van der Waals surface area (Å²) in [6, 6.07) is 10.8. The standard InChI is InChI=1S/C25H24BrNO6/c1-3-4-5-10-27-22(14-6-8-19(32-2)17(28)12-14)21(24(30)25(27)31)23(29)20-13-15-11-16(26)7-9-18(15)33-20/h6-9,11-13,22,28,30H,3-5,10H2,1-2H3. The van der Waals surface area contributed by atoms with Gasteiger partial charge in [-0.05, 0) is 48.4 Å². The summed E-state index contributed by atoms with van der Waals surface area (Å²) < 4.78 is 11.7. The van der Waals surface area contributed by atoms with Crippen LogP contribution < -0.4 is 4.74 Å². The Labute approximate surface area is 199 Å². The Morgan fingerprint density at radius 1 is 1.15 bits per heavy atom. The average molecular weight is 514 g/mol. The van der Waals surface area contributed by atoms with Crippen LogP contribution in [0, 0.1) is 0 Å². The number of aliphatic hydroxyl groups is 1. The number of aliphatic hydroxyl groups excluding tert-OH is 1. The first kappa shape index (κ1) is 22.9. The molecule has 1 amide bonds. The number of Topliss-reactive ketones (excluding diaryl/α,β-unsaturated/α-hetero) is 1. The molecule has 0 aliphatic carbocycles. The first-order valence-corrected chi connectivity index (χ1v) is 11.5. The van der Waals surface area contributed by atoms with E-state index in [1.807, 2.05) is 6.07 Å². The predicted octanol–water partition coefficient (Wildman–Crippen LogP) is 5.68. The van der Waals surface area contributed by atoms with Crippen LogP contribution in [0.5, 0.6) is 11.5 Å². The fraction of sp³-hybridized carbons (Fsp3) is 0.280. The second kappa shape index (κ2) is 9.31. The summed E-state index contributed by atoms with van der Waals surface area (Å²) in [6.45, 7) is 2.41. The molecule has 172 valence electrons. The van der Waals surface area contributed by atoms with E-state index in [9.17, 15) is 19.8 Å². The first-order valence-electron chi connectivity index (χ1n) is 10.7. The number of methoxy groups -OCH3 is 1. The number of ether oxygens (including phenoxy) is 1. The van der Waals surface area contributed by atoms with E-state index in [-0.39, 0.29) is 22.8 Å². The van der Waals surface area contributed by atoms with Gasteiger partial charge in [-0.3, -0.25) is 9.59 Å². The lowest BCUT2D eigenvalue weighted by atomic mass is 9.94. The van der Waals surface area contributed by atoms with Crippen LogP contribution in [-0.4, -0.2) is 40.5 Å². The minimum absolute atomic E-state index is 0.0237. The number of furan rings is 1. The zero-order chi connectivity index (χ0) is 23.7. The lowest BCUT2D eigenvalue weighted by Crippen LogP contribution is -2.32. The van der Waals surface area contributed by atoms with E-state index in [2.05, 4.69) is 22.9 Å². The van der Waals surface area contributed by atoms with Crippen LogP contribution in [0.3, 0.4) is 0 Å². The maximum absolute atomic E-state index is 13.5. The highest BCUT2D eigenvalue weighted by Crippen LogP contribution is 2.42. The number of carbonyl (C=O) groups excluding carboxylic acids is 2. The number of unbranched alkanes of at least 4 members (excludes halogenated alkanes) is 2. The third-order valence-corrected chi connectivity index (χ3v) is 6.26. The number of rotatable bonds is 8. The highest BCUT2D eigenvalue weighted by Gasteiger charge is 2.44. The van der Waals surface area contributed by atoms with Gasteiger partial charge >= 0.3 is 0 Å². The molecule has 2 N–H and O–H groups in total. The Bertz CT molecular complexity index is 1260. The lowest BCUT2D eigenvalue weighted by molar-refractivity contribution is -0.129. The summed E-state index contributed by atoms with van der Waals surface area (Å²) in [6.07, 6.45) is 2.57. The number of carbonyl (C=O) groups is 2. The van der Waals surface area contributed by atoms with Crippen molar-refractivity contribution in [3.05, 3.63) is 69.6 Å². The van der Waals surface area contributed by atoms with Gasteiger partial charge in [0.25, 0.3) is 5.91 Å². The average Bonchev–Trinajstić information content (AvgIpc) is 3.32. The number of hydrogen-bond donors (Lipinski definition) is 2. The largest absolute Gasteiger partial charge is 0.504 e. The van der Waals surface area contributed by atoms with Gasteiger partial charge in [-0.25, -0.2) is 0 Å². The van der Waals surface area contributed by atoms with Gasteiger partial charge in [0, 0.05) is 16.4 Å². The molecular weight excluding hydrogens is 490 g/mol. The molecule has 0 fully saturated rings. The summed E-state index contributed by atoms with van der Waals surface area (Å²) in [4.78, 5) is 28.0. The molecular formula is C25H24BrNO6. The molecule has 7 nitrogen and oxygen atoms in total. The van der Waals surface area contributed by atoms with Gasteiger partial charge in [-0.1, -0.05) is 41.8 Å². The van der Waals surface area contributed by atoms with Crippen molar-refractivity contribution in [3.8, 4) is 11.5 Å². The number of amides is 1. The number of aromatic hydroxyl groups is 1. The van der Waals surface area contributed by atoms with Crippen molar-refractivity contribution in [2.75, 3.05) is 13.7 Å². The number of phenols is 1. The minimum Gasteiger partial charge on any atom is -0.504 e. The monoisotopic (exact) mass is 513 g/mol. The predicted molar refractivity (Wildman–Crippen MR) is 127 cm³/mol.